The average Bonchev–Trinajstić information content (AvgIpc) is 2.69. The van der Waals surface area contributed by atoms with Crippen LogP contribution in [0.1, 0.15) is 24.0 Å². The summed E-state index contributed by atoms with van der Waals surface area (Å²) in [6.07, 6.45) is 6.67. The van der Waals surface area contributed by atoms with Crippen LogP contribution in [0.3, 0.4) is 0 Å². The number of aromatic nitrogens is 1. The van der Waals surface area contributed by atoms with Crippen molar-refractivity contribution >= 4 is 35.6 Å². The smallest absolute Gasteiger partial charge is 0.191 e. The van der Waals surface area contributed by atoms with E-state index < -0.39 is 0 Å². The Morgan fingerprint density at radius 1 is 1.29 bits per heavy atom. The van der Waals surface area contributed by atoms with Crippen molar-refractivity contribution in [2.24, 2.45) is 4.99 Å². The van der Waals surface area contributed by atoms with E-state index in [1.165, 1.54) is 17.2 Å². The highest BCUT2D eigenvalue weighted by Crippen LogP contribution is 2.20. The molecule has 0 radical (unpaired) electrons. The van der Waals surface area contributed by atoms with Gasteiger partial charge in [0.25, 0.3) is 0 Å². The van der Waals surface area contributed by atoms with E-state index >= 15 is 0 Å². The van der Waals surface area contributed by atoms with Crippen molar-refractivity contribution in [3.63, 3.8) is 0 Å². The summed E-state index contributed by atoms with van der Waals surface area (Å²) in [6, 6.07) is 9.28. The second kappa shape index (κ2) is 11.2. The molecule has 0 atom stereocenters. The molecule has 3 rings (SSSR count). The molecule has 1 fully saturated rings. The van der Waals surface area contributed by atoms with E-state index in [1.807, 2.05) is 18.5 Å². The maximum Gasteiger partial charge on any atom is 0.191 e. The molecule has 2 N–H and O–H groups in total. The number of aliphatic imine (C=N–C) groups is 1. The van der Waals surface area contributed by atoms with Gasteiger partial charge in [-0.1, -0.05) is 6.07 Å². The largest absolute Gasteiger partial charge is 0.371 e. The molecule has 0 spiro atoms. The summed E-state index contributed by atoms with van der Waals surface area (Å²) in [5, 5.41) is 6.91. The monoisotopic (exact) mass is 497 g/mol. The Labute approximate surface area is 183 Å². The minimum Gasteiger partial charge on any atom is -0.371 e. The highest BCUT2D eigenvalue weighted by Gasteiger charge is 2.20. The van der Waals surface area contributed by atoms with Crippen LogP contribution in [-0.2, 0) is 6.42 Å². The Bertz CT molecular complexity index is 775. The number of hydrogen-bond acceptors (Lipinski definition) is 3. The standard InChI is InChI=1S/C21H28FN5.HI/c1-16-15-24-10-6-17(16)7-11-25-21(23-2)26-19-8-12-27(13-9-19)20-5-3-4-18(22)14-20;/h3-6,10,14-15,19H,7-9,11-13H2,1-2H3,(H2,23,25,26);1H. The van der Waals surface area contributed by atoms with Crippen LogP contribution < -0.4 is 15.5 Å². The zero-order valence-electron chi connectivity index (χ0n) is 16.5. The minimum absolute atomic E-state index is 0. The Balaban J connectivity index is 0.00000280. The second-order valence-corrected chi connectivity index (χ2v) is 6.94. The third kappa shape index (κ3) is 6.32. The van der Waals surface area contributed by atoms with Gasteiger partial charge in [-0.2, -0.15) is 0 Å². The van der Waals surface area contributed by atoms with Gasteiger partial charge in [0.1, 0.15) is 5.82 Å². The number of hydrogen-bond donors (Lipinski definition) is 2. The van der Waals surface area contributed by atoms with Crippen LogP contribution >= 0.6 is 24.0 Å². The third-order valence-corrected chi connectivity index (χ3v) is 5.06. The molecule has 2 aromatic rings. The molecule has 0 bridgehead atoms. The molecule has 1 aliphatic heterocycles. The zero-order valence-corrected chi connectivity index (χ0v) is 18.8. The number of benzene rings is 1. The Morgan fingerprint density at radius 3 is 2.75 bits per heavy atom. The molecule has 28 heavy (non-hydrogen) atoms. The lowest BCUT2D eigenvalue weighted by atomic mass is 10.0. The number of aryl methyl sites for hydroxylation is 1. The molecule has 1 saturated heterocycles. The van der Waals surface area contributed by atoms with Crippen LogP contribution in [0.4, 0.5) is 10.1 Å². The minimum atomic E-state index is -0.179. The van der Waals surface area contributed by atoms with Gasteiger partial charge >= 0.3 is 0 Å². The summed E-state index contributed by atoms with van der Waals surface area (Å²) in [5.41, 5.74) is 3.48. The van der Waals surface area contributed by atoms with Gasteiger partial charge in [-0.15, -0.1) is 24.0 Å². The van der Waals surface area contributed by atoms with Crippen LogP contribution in [0.15, 0.2) is 47.7 Å². The summed E-state index contributed by atoms with van der Waals surface area (Å²) in [4.78, 5) is 10.7. The van der Waals surface area contributed by atoms with Gasteiger partial charge in [0.2, 0.25) is 0 Å². The summed E-state index contributed by atoms with van der Waals surface area (Å²) >= 11 is 0. The topological polar surface area (TPSA) is 52.6 Å². The number of nitrogens with zero attached hydrogens (tertiary/aromatic N) is 3. The summed E-state index contributed by atoms with van der Waals surface area (Å²) in [6.45, 7) is 4.73. The van der Waals surface area contributed by atoms with Gasteiger partial charge in [0.15, 0.2) is 5.96 Å². The van der Waals surface area contributed by atoms with Crippen LogP contribution in [0, 0.1) is 12.7 Å². The Kier molecular flexibility index (Phi) is 8.95. The molecule has 152 valence electrons. The SMILES string of the molecule is CN=C(NCCc1ccncc1C)NC1CCN(c2cccc(F)c2)CC1.I. The third-order valence-electron chi connectivity index (χ3n) is 5.06. The van der Waals surface area contributed by atoms with Crippen LogP contribution in [0.5, 0.6) is 0 Å². The number of halogens is 2. The second-order valence-electron chi connectivity index (χ2n) is 6.94. The van der Waals surface area contributed by atoms with Crippen LogP contribution in [0.2, 0.25) is 0 Å². The van der Waals surface area contributed by atoms with E-state index in [-0.39, 0.29) is 29.8 Å². The average molecular weight is 497 g/mol. The van der Waals surface area contributed by atoms with E-state index in [0.29, 0.717) is 6.04 Å². The number of anilines is 1. The quantitative estimate of drug-likeness (QED) is 0.377. The summed E-state index contributed by atoms with van der Waals surface area (Å²) in [7, 11) is 1.80. The fourth-order valence-electron chi connectivity index (χ4n) is 3.44. The lowest BCUT2D eigenvalue weighted by Crippen LogP contribution is -2.49. The van der Waals surface area contributed by atoms with Crippen molar-refractivity contribution < 1.29 is 4.39 Å². The van der Waals surface area contributed by atoms with Crippen molar-refractivity contribution in [2.45, 2.75) is 32.2 Å². The molecule has 0 aliphatic carbocycles. The molecule has 1 aromatic heterocycles. The first-order valence-corrected chi connectivity index (χ1v) is 9.53. The highest BCUT2D eigenvalue weighted by molar-refractivity contribution is 14.0. The van der Waals surface area contributed by atoms with Crippen LogP contribution in [-0.4, -0.2) is 43.7 Å². The molecular formula is C21H29FIN5. The summed E-state index contributed by atoms with van der Waals surface area (Å²) < 4.78 is 13.4. The van der Waals surface area contributed by atoms with E-state index in [1.54, 1.807) is 19.2 Å². The van der Waals surface area contributed by atoms with Gasteiger partial charge in [-0.3, -0.25) is 9.98 Å². The molecule has 0 amide bonds. The fourth-order valence-corrected chi connectivity index (χ4v) is 3.44. The van der Waals surface area contributed by atoms with Gasteiger partial charge < -0.3 is 15.5 Å². The van der Waals surface area contributed by atoms with E-state index in [4.69, 9.17) is 0 Å². The highest BCUT2D eigenvalue weighted by atomic mass is 127. The molecular weight excluding hydrogens is 468 g/mol. The van der Waals surface area contributed by atoms with E-state index in [2.05, 4.69) is 38.5 Å². The molecule has 7 heteroatoms. The molecule has 1 aliphatic rings. The van der Waals surface area contributed by atoms with Crippen molar-refractivity contribution in [1.82, 2.24) is 15.6 Å². The van der Waals surface area contributed by atoms with Crippen molar-refractivity contribution in [1.29, 1.82) is 0 Å². The first-order valence-electron chi connectivity index (χ1n) is 9.53. The van der Waals surface area contributed by atoms with Crippen molar-refractivity contribution in [3.05, 3.63) is 59.7 Å². The lowest BCUT2D eigenvalue weighted by molar-refractivity contribution is 0.461. The van der Waals surface area contributed by atoms with Gasteiger partial charge in [-0.25, -0.2) is 4.39 Å². The predicted octanol–water partition coefficient (Wildman–Crippen LogP) is 3.52. The fraction of sp³-hybridized carbons (Fsp3) is 0.429. The lowest BCUT2D eigenvalue weighted by Gasteiger charge is -2.34. The molecule has 2 heterocycles. The van der Waals surface area contributed by atoms with Gasteiger partial charge in [-0.05, 0) is 61.6 Å². The Morgan fingerprint density at radius 2 is 2.07 bits per heavy atom. The number of rotatable bonds is 5. The number of pyridine rings is 1. The predicted molar refractivity (Wildman–Crippen MR) is 124 cm³/mol. The van der Waals surface area contributed by atoms with E-state index in [9.17, 15) is 4.39 Å². The number of guanidine groups is 1. The normalized spacial score (nSPS) is 15.1. The number of piperidine rings is 1. The first kappa shape index (κ1) is 22.4. The Hall–Kier alpha value is -1.90. The van der Waals surface area contributed by atoms with Gasteiger partial charge in [0.05, 0.1) is 0 Å². The molecule has 0 unspecified atom stereocenters. The summed E-state index contributed by atoms with van der Waals surface area (Å²) in [5.74, 6) is 0.660. The number of nitrogens with one attached hydrogen (secondary N) is 2. The van der Waals surface area contributed by atoms with Crippen molar-refractivity contribution in [3.8, 4) is 0 Å². The first-order chi connectivity index (χ1) is 13.2. The maximum atomic E-state index is 13.4. The zero-order chi connectivity index (χ0) is 19.1. The molecule has 1 aromatic carbocycles. The molecule has 5 nitrogen and oxygen atoms in total. The van der Waals surface area contributed by atoms with E-state index in [0.717, 1.165) is 50.5 Å². The maximum absolute atomic E-state index is 13.4. The molecule has 0 saturated carbocycles. The van der Waals surface area contributed by atoms with Gasteiger partial charge in [0, 0.05) is 50.8 Å². The van der Waals surface area contributed by atoms with Crippen LogP contribution in [0.25, 0.3) is 0 Å². The van der Waals surface area contributed by atoms with Crippen molar-refractivity contribution in [2.75, 3.05) is 31.6 Å².